The number of aromatic nitrogens is 3. The van der Waals surface area contributed by atoms with Crippen LogP contribution in [0.15, 0.2) is 0 Å². The van der Waals surface area contributed by atoms with Crippen molar-refractivity contribution in [3.05, 3.63) is 0 Å². The number of methoxy groups -OCH3 is 1. The molecule has 2 rings (SSSR count). The van der Waals surface area contributed by atoms with Crippen molar-refractivity contribution in [3.63, 3.8) is 0 Å². The van der Waals surface area contributed by atoms with Gasteiger partial charge in [-0.15, -0.1) is 0 Å². The lowest BCUT2D eigenvalue weighted by Gasteiger charge is -2.35. The number of piperazine rings is 1. The van der Waals surface area contributed by atoms with Gasteiger partial charge in [0.2, 0.25) is 11.9 Å². The van der Waals surface area contributed by atoms with Gasteiger partial charge in [0, 0.05) is 52.4 Å². The Morgan fingerprint density at radius 3 is 2.18 bits per heavy atom. The Bertz CT molecular complexity index is 638. The lowest BCUT2D eigenvalue weighted by Crippen LogP contribution is -2.50. The molecule has 0 unspecified atom stereocenters. The minimum atomic E-state index is -0.514. The number of anilines is 2. The average molecular weight is 396 g/mol. The smallest absolute Gasteiger partial charge is 0.410 e. The fourth-order valence-electron chi connectivity index (χ4n) is 2.75. The zero-order valence-electron chi connectivity index (χ0n) is 17.2. The summed E-state index contributed by atoms with van der Waals surface area (Å²) in [7, 11) is 1.51. The number of nitrogens with zero attached hydrogens (tertiary/aromatic N) is 6. The van der Waals surface area contributed by atoms with E-state index in [0.717, 1.165) is 0 Å². The normalized spacial score (nSPS) is 14.8. The lowest BCUT2D eigenvalue weighted by atomic mass is 10.2. The Morgan fingerprint density at radius 1 is 1.07 bits per heavy atom. The molecule has 1 saturated heterocycles. The predicted octanol–water partition coefficient (Wildman–Crippen LogP) is -0.339. The average Bonchev–Trinajstić information content (AvgIpc) is 2.66. The maximum absolute atomic E-state index is 12.2. The van der Waals surface area contributed by atoms with Crippen molar-refractivity contribution in [2.45, 2.75) is 26.4 Å². The van der Waals surface area contributed by atoms with E-state index in [1.54, 1.807) is 4.90 Å². The molecule has 158 valence electrons. The van der Waals surface area contributed by atoms with E-state index in [-0.39, 0.29) is 12.1 Å². The number of nitrogens with two attached hydrogens (primary N) is 2. The molecular weight excluding hydrogens is 364 g/mol. The molecule has 1 aliphatic rings. The number of hydrogen-bond donors (Lipinski definition) is 2. The van der Waals surface area contributed by atoms with Crippen LogP contribution in [0.25, 0.3) is 0 Å². The van der Waals surface area contributed by atoms with Gasteiger partial charge in [-0.1, -0.05) is 0 Å². The first-order valence-electron chi connectivity index (χ1n) is 9.45. The number of carbonyl (C=O) groups is 1. The van der Waals surface area contributed by atoms with Crippen LogP contribution in [0.4, 0.5) is 16.7 Å². The van der Waals surface area contributed by atoms with Gasteiger partial charge < -0.3 is 35.6 Å². The number of amides is 1. The van der Waals surface area contributed by atoms with Gasteiger partial charge in [0.1, 0.15) is 5.60 Å². The highest BCUT2D eigenvalue weighted by Gasteiger charge is 2.27. The summed E-state index contributed by atoms with van der Waals surface area (Å²) in [4.78, 5) is 31.1. The number of hydrogen-bond acceptors (Lipinski definition) is 10. The van der Waals surface area contributed by atoms with Gasteiger partial charge in [0.25, 0.3) is 0 Å². The van der Waals surface area contributed by atoms with Crippen LogP contribution in [-0.4, -0.2) is 91.0 Å². The fraction of sp³-hybridized carbons (Fsp3) is 0.765. The lowest BCUT2D eigenvalue weighted by molar-refractivity contribution is 0.0240. The summed E-state index contributed by atoms with van der Waals surface area (Å²) >= 11 is 0. The number of rotatable bonds is 7. The highest BCUT2D eigenvalue weighted by atomic mass is 16.6. The van der Waals surface area contributed by atoms with Gasteiger partial charge in [-0.25, -0.2) is 4.79 Å². The van der Waals surface area contributed by atoms with Gasteiger partial charge in [-0.3, -0.25) is 0 Å². The highest BCUT2D eigenvalue weighted by Crippen LogP contribution is 2.19. The van der Waals surface area contributed by atoms with Crippen molar-refractivity contribution in [1.29, 1.82) is 0 Å². The second-order valence-electron chi connectivity index (χ2n) is 7.44. The molecule has 11 heteroatoms. The molecule has 0 bridgehead atoms. The van der Waals surface area contributed by atoms with Crippen molar-refractivity contribution in [3.8, 4) is 6.01 Å². The second-order valence-corrected chi connectivity index (χ2v) is 7.44. The zero-order valence-corrected chi connectivity index (χ0v) is 17.2. The maximum atomic E-state index is 12.2. The summed E-state index contributed by atoms with van der Waals surface area (Å²) in [6.07, 6.45) is -0.307. The third kappa shape index (κ3) is 6.06. The fourth-order valence-corrected chi connectivity index (χ4v) is 2.75. The van der Waals surface area contributed by atoms with E-state index in [1.807, 2.05) is 30.6 Å². The molecule has 0 spiro atoms. The van der Waals surface area contributed by atoms with Crippen molar-refractivity contribution >= 4 is 18.0 Å². The van der Waals surface area contributed by atoms with Crippen molar-refractivity contribution in [2.24, 2.45) is 11.5 Å². The van der Waals surface area contributed by atoms with Gasteiger partial charge in [0.15, 0.2) is 0 Å². The number of carbonyl (C=O) groups excluding carboxylic acids is 1. The summed E-state index contributed by atoms with van der Waals surface area (Å²) in [6.45, 7) is 9.85. The molecule has 1 fully saturated rings. The Morgan fingerprint density at radius 2 is 1.68 bits per heavy atom. The molecule has 1 amide bonds. The van der Waals surface area contributed by atoms with Crippen molar-refractivity contribution < 1.29 is 14.3 Å². The molecular formula is C17H32N8O3. The summed E-state index contributed by atoms with van der Waals surface area (Å²) in [5, 5.41) is 0. The van der Waals surface area contributed by atoms with Crippen LogP contribution in [0.1, 0.15) is 20.8 Å². The SMILES string of the molecule is COc1nc(N(CCN)CCN)nc(N2CCN(C(=O)OC(C)(C)C)CC2)n1. The standard InChI is InChI=1S/C17H32N8O3/c1-17(2,3)28-16(26)25-11-9-24(10-12-25)14-20-13(21-15(22-14)27-4)23(7-5-18)8-6-19/h5-12,18-19H2,1-4H3. The van der Waals surface area contributed by atoms with Gasteiger partial charge in [-0.05, 0) is 20.8 Å². The molecule has 1 aromatic heterocycles. The monoisotopic (exact) mass is 396 g/mol. The summed E-state index contributed by atoms with van der Waals surface area (Å²) in [5.41, 5.74) is 10.9. The zero-order chi connectivity index (χ0) is 20.7. The van der Waals surface area contributed by atoms with E-state index in [2.05, 4.69) is 15.0 Å². The highest BCUT2D eigenvalue weighted by molar-refractivity contribution is 5.68. The van der Waals surface area contributed by atoms with E-state index in [0.29, 0.717) is 64.3 Å². The van der Waals surface area contributed by atoms with Crippen LogP contribution in [0.3, 0.4) is 0 Å². The Hall–Kier alpha value is -2.40. The number of ether oxygens (including phenoxy) is 2. The van der Waals surface area contributed by atoms with E-state index < -0.39 is 5.60 Å². The van der Waals surface area contributed by atoms with Crippen LogP contribution in [0.2, 0.25) is 0 Å². The van der Waals surface area contributed by atoms with Crippen LogP contribution >= 0.6 is 0 Å². The molecule has 0 atom stereocenters. The third-order valence-electron chi connectivity index (χ3n) is 4.07. The van der Waals surface area contributed by atoms with Gasteiger partial charge in [-0.2, -0.15) is 15.0 Å². The Balaban J connectivity index is 2.11. The summed E-state index contributed by atoms with van der Waals surface area (Å²) < 4.78 is 10.7. The largest absolute Gasteiger partial charge is 0.467 e. The second kappa shape index (κ2) is 9.69. The molecule has 28 heavy (non-hydrogen) atoms. The third-order valence-corrected chi connectivity index (χ3v) is 4.07. The van der Waals surface area contributed by atoms with E-state index >= 15 is 0 Å². The molecule has 1 aromatic rings. The van der Waals surface area contributed by atoms with Crippen LogP contribution in [0, 0.1) is 0 Å². The van der Waals surface area contributed by atoms with Gasteiger partial charge >= 0.3 is 12.1 Å². The first-order valence-corrected chi connectivity index (χ1v) is 9.45. The van der Waals surface area contributed by atoms with Crippen LogP contribution in [0.5, 0.6) is 6.01 Å². The Labute approximate surface area is 166 Å². The molecule has 4 N–H and O–H groups in total. The van der Waals surface area contributed by atoms with Crippen LogP contribution in [-0.2, 0) is 4.74 Å². The molecule has 11 nitrogen and oxygen atoms in total. The summed E-state index contributed by atoms with van der Waals surface area (Å²) in [5.74, 6) is 0.983. The maximum Gasteiger partial charge on any atom is 0.410 e. The van der Waals surface area contributed by atoms with Crippen molar-refractivity contribution in [2.75, 3.05) is 69.3 Å². The van der Waals surface area contributed by atoms with E-state index in [9.17, 15) is 4.79 Å². The topological polar surface area (TPSA) is 136 Å². The first-order chi connectivity index (χ1) is 13.3. The first kappa shape index (κ1) is 21.9. The predicted molar refractivity (Wildman–Crippen MR) is 107 cm³/mol. The quantitative estimate of drug-likeness (QED) is 0.630. The molecule has 0 saturated carbocycles. The van der Waals surface area contributed by atoms with Gasteiger partial charge in [0.05, 0.1) is 7.11 Å². The molecule has 0 radical (unpaired) electrons. The molecule has 0 aromatic carbocycles. The minimum Gasteiger partial charge on any atom is -0.467 e. The molecule has 2 heterocycles. The van der Waals surface area contributed by atoms with Crippen molar-refractivity contribution in [1.82, 2.24) is 19.9 Å². The summed E-state index contributed by atoms with van der Waals surface area (Å²) in [6, 6.07) is 0.230. The van der Waals surface area contributed by atoms with E-state index in [1.165, 1.54) is 7.11 Å². The van der Waals surface area contributed by atoms with E-state index in [4.69, 9.17) is 20.9 Å². The van der Waals surface area contributed by atoms with Crippen LogP contribution < -0.4 is 26.0 Å². The minimum absolute atomic E-state index is 0.230. The molecule has 0 aliphatic carbocycles. The Kier molecular flexibility index (Phi) is 7.58. The molecule has 1 aliphatic heterocycles.